The van der Waals surface area contributed by atoms with Gasteiger partial charge in [0.1, 0.15) is 11.5 Å². The van der Waals surface area contributed by atoms with Crippen molar-refractivity contribution < 1.29 is 9.21 Å². The molecule has 0 bridgehead atoms. The molecule has 4 heteroatoms. The molecule has 2 aromatic carbocycles. The smallest absolute Gasteiger partial charge is 0.255 e. The number of carbonyl (C=O) groups excluding carboxylic acids is 1. The van der Waals surface area contributed by atoms with Crippen molar-refractivity contribution in [1.82, 2.24) is 5.32 Å². The first-order chi connectivity index (χ1) is 14.0. The van der Waals surface area contributed by atoms with E-state index in [2.05, 4.69) is 25.2 Å². The molecule has 0 fully saturated rings. The number of furan rings is 1. The number of hydrogen-bond donors (Lipinski definition) is 1. The van der Waals surface area contributed by atoms with E-state index in [0.717, 1.165) is 34.8 Å². The zero-order valence-corrected chi connectivity index (χ0v) is 17.8. The molecule has 1 heterocycles. The van der Waals surface area contributed by atoms with Crippen LogP contribution in [-0.2, 0) is 0 Å². The summed E-state index contributed by atoms with van der Waals surface area (Å²) in [6, 6.07) is 17.4. The van der Waals surface area contributed by atoms with Crippen LogP contribution in [0, 0.1) is 13.8 Å². The fourth-order valence-electron chi connectivity index (χ4n) is 3.43. The minimum absolute atomic E-state index is 0.126. The van der Waals surface area contributed by atoms with Gasteiger partial charge >= 0.3 is 0 Å². The third kappa shape index (κ3) is 5.18. The van der Waals surface area contributed by atoms with Gasteiger partial charge in [0.15, 0.2) is 0 Å². The van der Waals surface area contributed by atoms with Gasteiger partial charge in [0, 0.05) is 17.1 Å². The maximum atomic E-state index is 12.8. The first-order valence-corrected chi connectivity index (χ1v) is 10.3. The van der Waals surface area contributed by atoms with Crippen molar-refractivity contribution in [3.63, 3.8) is 0 Å². The highest BCUT2D eigenvalue weighted by atomic mass is 35.5. The van der Waals surface area contributed by atoms with Crippen LogP contribution in [0.2, 0.25) is 5.02 Å². The molecule has 3 nitrogen and oxygen atoms in total. The van der Waals surface area contributed by atoms with E-state index in [9.17, 15) is 4.79 Å². The van der Waals surface area contributed by atoms with E-state index < -0.39 is 0 Å². The Kier molecular flexibility index (Phi) is 6.95. The Labute approximate surface area is 177 Å². The van der Waals surface area contributed by atoms with Crippen LogP contribution in [0.3, 0.4) is 0 Å². The summed E-state index contributed by atoms with van der Waals surface area (Å²) in [4.78, 5) is 12.8. The predicted molar refractivity (Wildman–Crippen MR) is 120 cm³/mol. The summed E-state index contributed by atoms with van der Waals surface area (Å²) in [6.45, 7) is 6.58. The maximum absolute atomic E-state index is 12.8. The lowest BCUT2D eigenvalue weighted by Crippen LogP contribution is -2.24. The minimum atomic E-state index is -0.126. The Morgan fingerprint density at radius 2 is 1.83 bits per heavy atom. The molecule has 0 spiro atoms. The average molecular weight is 408 g/mol. The highest BCUT2D eigenvalue weighted by molar-refractivity contribution is 6.30. The van der Waals surface area contributed by atoms with Gasteiger partial charge in [-0.3, -0.25) is 4.79 Å². The molecule has 0 aliphatic carbocycles. The zero-order valence-electron chi connectivity index (χ0n) is 17.1. The lowest BCUT2D eigenvalue weighted by molar-refractivity contribution is 0.0955. The summed E-state index contributed by atoms with van der Waals surface area (Å²) in [6.07, 6.45) is 3.86. The van der Waals surface area contributed by atoms with Crippen LogP contribution < -0.4 is 5.32 Å². The monoisotopic (exact) mass is 407 g/mol. The number of amides is 1. The lowest BCUT2D eigenvalue weighted by atomic mass is 9.97. The first kappa shape index (κ1) is 20.9. The highest BCUT2D eigenvalue weighted by Crippen LogP contribution is 2.28. The Hall–Kier alpha value is -2.78. The van der Waals surface area contributed by atoms with E-state index in [1.807, 2.05) is 55.5 Å². The van der Waals surface area contributed by atoms with Crippen LogP contribution in [0.25, 0.3) is 16.9 Å². The van der Waals surface area contributed by atoms with E-state index in [0.29, 0.717) is 17.9 Å². The van der Waals surface area contributed by atoms with E-state index in [1.165, 1.54) is 11.1 Å². The molecule has 1 aromatic heterocycles. The van der Waals surface area contributed by atoms with Gasteiger partial charge in [-0.15, -0.1) is 0 Å². The van der Waals surface area contributed by atoms with E-state index in [-0.39, 0.29) is 5.91 Å². The number of hydrogen-bond acceptors (Lipinski definition) is 2. The van der Waals surface area contributed by atoms with Crippen LogP contribution in [0.15, 0.2) is 65.1 Å². The molecular formula is C25H26ClNO2. The molecule has 1 amide bonds. The standard InChI is InChI=1S/C25H26ClNO2/c1-4-8-19(22-16-21(26)12-11-17(22)2)13-14-27-25(28)23-15-18(3)29-24(23)20-9-6-5-7-10-20/h5-12,15-16H,4,13-14H2,1-3H3,(H,27,28)/b19-8-. The van der Waals surface area contributed by atoms with Crippen molar-refractivity contribution in [3.05, 3.63) is 88.1 Å². The molecule has 0 saturated carbocycles. The molecule has 0 saturated heterocycles. The lowest BCUT2D eigenvalue weighted by Gasteiger charge is -2.12. The first-order valence-electron chi connectivity index (χ1n) is 9.89. The summed E-state index contributed by atoms with van der Waals surface area (Å²) >= 11 is 6.20. The second-order valence-electron chi connectivity index (χ2n) is 7.07. The third-order valence-electron chi connectivity index (χ3n) is 4.81. The largest absolute Gasteiger partial charge is 0.461 e. The van der Waals surface area contributed by atoms with E-state index >= 15 is 0 Å². The summed E-state index contributed by atoms with van der Waals surface area (Å²) < 4.78 is 5.80. The third-order valence-corrected chi connectivity index (χ3v) is 5.05. The Morgan fingerprint density at radius 3 is 2.55 bits per heavy atom. The number of allylic oxidation sites excluding steroid dienone is 1. The maximum Gasteiger partial charge on any atom is 0.255 e. The molecule has 3 aromatic rings. The molecule has 1 N–H and O–H groups in total. The topological polar surface area (TPSA) is 42.2 Å². The van der Waals surface area contributed by atoms with Gasteiger partial charge in [-0.1, -0.05) is 61.0 Å². The number of aryl methyl sites for hydroxylation is 2. The van der Waals surface area contributed by atoms with Gasteiger partial charge in [-0.25, -0.2) is 0 Å². The number of benzene rings is 2. The molecule has 29 heavy (non-hydrogen) atoms. The minimum Gasteiger partial charge on any atom is -0.461 e. The van der Waals surface area contributed by atoms with Crippen LogP contribution in [0.4, 0.5) is 0 Å². The summed E-state index contributed by atoms with van der Waals surface area (Å²) in [5, 5.41) is 3.76. The van der Waals surface area contributed by atoms with Gasteiger partial charge in [0.05, 0.1) is 5.56 Å². The van der Waals surface area contributed by atoms with E-state index in [1.54, 1.807) is 6.07 Å². The van der Waals surface area contributed by atoms with Gasteiger partial charge in [-0.05, 0) is 61.6 Å². The van der Waals surface area contributed by atoms with Crippen LogP contribution in [0.5, 0.6) is 0 Å². The molecule has 0 atom stereocenters. The zero-order chi connectivity index (χ0) is 20.8. The molecule has 0 radical (unpaired) electrons. The van der Waals surface area contributed by atoms with Crippen molar-refractivity contribution in [3.8, 4) is 11.3 Å². The predicted octanol–water partition coefficient (Wildman–Crippen LogP) is 6.83. The summed E-state index contributed by atoms with van der Waals surface area (Å²) in [5.41, 5.74) is 4.97. The van der Waals surface area contributed by atoms with Crippen molar-refractivity contribution in [2.24, 2.45) is 0 Å². The summed E-state index contributed by atoms with van der Waals surface area (Å²) in [5.74, 6) is 1.20. The second-order valence-corrected chi connectivity index (χ2v) is 7.51. The van der Waals surface area contributed by atoms with Crippen molar-refractivity contribution in [2.45, 2.75) is 33.6 Å². The highest BCUT2D eigenvalue weighted by Gasteiger charge is 2.18. The van der Waals surface area contributed by atoms with Gasteiger partial charge < -0.3 is 9.73 Å². The number of rotatable bonds is 7. The Bertz CT molecular complexity index is 1020. The Balaban J connectivity index is 1.73. The average Bonchev–Trinajstić information content (AvgIpc) is 3.11. The molecular weight excluding hydrogens is 382 g/mol. The molecule has 0 unspecified atom stereocenters. The van der Waals surface area contributed by atoms with Gasteiger partial charge in [0.2, 0.25) is 0 Å². The molecule has 0 aliphatic rings. The van der Waals surface area contributed by atoms with Crippen LogP contribution in [-0.4, -0.2) is 12.5 Å². The van der Waals surface area contributed by atoms with Crippen molar-refractivity contribution in [1.29, 1.82) is 0 Å². The summed E-state index contributed by atoms with van der Waals surface area (Å²) in [7, 11) is 0. The van der Waals surface area contributed by atoms with E-state index in [4.69, 9.17) is 16.0 Å². The van der Waals surface area contributed by atoms with Gasteiger partial charge in [0.25, 0.3) is 5.91 Å². The van der Waals surface area contributed by atoms with Crippen molar-refractivity contribution >= 4 is 23.1 Å². The SMILES string of the molecule is CC/C=C(/CCNC(=O)c1cc(C)oc1-c1ccccc1)c1cc(Cl)ccc1C. The molecule has 3 rings (SSSR count). The number of halogens is 1. The van der Waals surface area contributed by atoms with Crippen LogP contribution in [0.1, 0.15) is 47.0 Å². The number of carbonyl (C=O) groups is 1. The van der Waals surface area contributed by atoms with Gasteiger partial charge in [-0.2, -0.15) is 0 Å². The fourth-order valence-corrected chi connectivity index (χ4v) is 3.60. The quantitative estimate of drug-likeness (QED) is 0.466. The number of nitrogens with one attached hydrogen (secondary N) is 1. The molecule has 0 aliphatic heterocycles. The second kappa shape index (κ2) is 9.62. The van der Waals surface area contributed by atoms with Crippen LogP contribution >= 0.6 is 11.6 Å². The Morgan fingerprint density at radius 1 is 1.07 bits per heavy atom. The normalized spacial score (nSPS) is 11.5. The fraction of sp³-hybridized carbons (Fsp3) is 0.240. The molecule has 150 valence electrons. The van der Waals surface area contributed by atoms with Crippen molar-refractivity contribution in [2.75, 3.05) is 6.54 Å².